The molecule has 0 unspecified atom stereocenters. The summed E-state index contributed by atoms with van der Waals surface area (Å²) in [5, 5.41) is 5.41. The van der Waals surface area contributed by atoms with Crippen molar-refractivity contribution in [3.05, 3.63) is 42.5 Å². The number of hydrogen-bond donors (Lipinski definition) is 3. The van der Waals surface area contributed by atoms with E-state index in [4.69, 9.17) is 0 Å². The van der Waals surface area contributed by atoms with Gasteiger partial charge in [-0.25, -0.2) is 22.9 Å². The Hall–Kier alpha value is -2.39. The summed E-state index contributed by atoms with van der Waals surface area (Å²) in [7, 11) is -3.50. The molecule has 9 heteroatoms. The predicted octanol–water partition coefficient (Wildman–Crippen LogP) is 1.91. The number of sulfonamides is 1. The number of anilines is 1. The fraction of sp³-hybridized carbons (Fsp3) is 0.375. The number of nitrogens with one attached hydrogen (secondary N) is 3. The minimum Gasteiger partial charge on any atom is -0.333 e. The molecule has 0 atom stereocenters. The van der Waals surface area contributed by atoms with Crippen molar-refractivity contribution >= 4 is 21.7 Å². The maximum atomic E-state index is 12.0. The molecular formula is C16H23N5O3S. The summed E-state index contributed by atoms with van der Waals surface area (Å²) >= 11 is 0. The number of carbonyl (C=O) groups excluding carboxylic acids is 1. The van der Waals surface area contributed by atoms with Crippen LogP contribution in [0.2, 0.25) is 0 Å². The van der Waals surface area contributed by atoms with Crippen LogP contribution >= 0.6 is 0 Å². The molecule has 0 aliphatic carbocycles. The van der Waals surface area contributed by atoms with E-state index in [-0.39, 0.29) is 10.9 Å². The SMILES string of the molecule is CCCNS(=O)(=O)c1ccc(NC(=O)NCc2cncn2CC)cc1. The van der Waals surface area contributed by atoms with Crippen LogP contribution in [0.5, 0.6) is 0 Å². The van der Waals surface area contributed by atoms with E-state index in [9.17, 15) is 13.2 Å². The topological polar surface area (TPSA) is 105 Å². The Balaban J connectivity index is 1.91. The van der Waals surface area contributed by atoms with Crippen LogP contribution in [0.25, 0.3) is 0 Å². The van der Waals surface area contributed by atoms with Gasteiger partial charge in [-0.1, -0.05) is 6.92 Å². The number of urea groups is 1. The van der Waals surface area contributed by atoms with Gasteiger partial charge in [0.25, 0.3) is 0 Å². The van der Waals surface area contributed by atoms with Crippen molar-refractivity contribution in [3.8, 4) is 0 Å². The molecule has 2 rings (SSSR count). The molecule has 1 aromatic carbocycles. The van der Waals surface area contributed by atoms with Crippen molar-refractivity contribution in [3.63, 3.8) is 0 Å². The van der Waals surface area contributed by atoms with Gasteiger partial charge in [0.05, 0.1) is 23.5 Å². The van der Waals surface area contributed by atoms with E-state index in [0.717, 1.165) is 18.7 Å². The summed E-state index contributed by atoms with van der Waals surface area (Å²) in [4.78, 5) is 16.2. The van der Waals surface area contributed by atoms with Crippen LogP contribution in [-0.4, -0.2) is 30.5 Å². The Labute approximate surface area is 147 Å². The van der Waals surface area contributed by atoms with Gasteiger partial charge in [-0.05, 0) is 37.6 Å². The summed E-state index contributed by atoms with van der Waals surface area (Å²) in [5.74, 6) is 0. The number of benzene rings is 1. The third kappa shape index (κ3) is 5.30. The van der Waals surface area contributed by atoms with Crippen LogP contribution in [0, 0.1) is 0 Å². The van der Waals surface area contributed by atoms with Crippen LogP contribution in [0.4, 0.5) is 10.5 Å². The predicted molar refractivity (Wildman–Crippen MR) is 95.7 cm³/mol. The number of nitrogens with zero attached hydrogens (tertiary/aromatic N) is 2. The molecule has 2 amide bonds. The molecule has 25 heavy (non-hydrogen) atoms. The Kier molecular flexibility index (Phi) is 6.54. The first-order valence-corrected chi connectivity index (χ1v) is 9.58. The van der Waals surface area contributed by atoms with E-state index in [1.165, 1.54) is 12.1 Å². The first-order chi connectivity index (χ1) is 12.0. The van der Waals surface area contributed by atoms with Crippen LogP contribution in [0.3, 0.4) is 0 Å². The minimum absolute atomic E-state index is 0.166. The Morgan fingerprint density at radius 2 is 1.92 bits per heavy atom. The number of amides is 2. The second kappa shape index (κ2) is 8.63. The lowest BCUT2D eigenvalue weighted by Crippen LogP contribution is -2.29. The maximum absolute atomic E-state index is 12.0. The van der Waals surface area contributed by atoms with Gasteiger partial charge in [-0.2, -0.15) is 0 Å². The lowest BCUT2D eigenvalue weighted by Gasteiger charge is -2.10. The van der Waals surface area contributed by atoms with E-state index in [1.807, 2.05) is 18.4 Å². The molecule has 0 aliphatic heterocycles. The molecule has 3 N–H and O–H groups in total. The molecule has 1 aromatic heterocycles. The largest absolute Gasteiger partial charge is 0.333 e. The summed E-state index contributed by atoms with van der Waals surface area (Å²) in [6.07, 6.45) is 4.13. The maximum Gasteiger partial charge on any atom is 0.319 e. The van der Waals surface area contributed by atoms with Crippen LogP contribution in [-0.2, 0) is 23.1 Å². The molecule has 0 radical (unpaired) electrons. The number of hydrogen-bond acceptors (Lipinski definition) is 4. The monoisotopic (exact) mass is 365 g/mol. The van der Waals surface area contributed by atoms with Gasteiger partial charge in [-0.3, -0.25) is 0 Å². The van der Waals surface area contributed by atoms with Crippen molar-refractivity contribution < 1.29 is 13.2 Å². The highest BCUT2D eigenvalue weighted by molar-refractivity contribution is 7.89. The minimum atomic E-state index is -3.50. The number of rotatable bonds is 8. The van der Waals surface area contributed by atoms with E-state index in [0.29, 0.717) is 18.8 Å². The second-order valence-electron chi connectivity index (χ2n) is 5.40. The second-order valence-corrected chi connectivity index (χ2v) is 7.17. The summed E-state index contributed by atoms with van der Waals surface area (Å²) in [6.45, 7) is 5.41. The smallest absolute Gasteiger partial charge is 0.319 e. The van der Waals surface area contributed by atoms with Crippen molar-refractivity contribution in [2.24, 2.45) is 0 Å². The van der Waals surface area contributed by atoms with Crippen molar-refractivity contribution in [1.29, 1.82) is 0 Å². The quantitative estimate of drug-likeness (QED) is 0.664. The molecule has 2 aromatic rings. The number of carbonyl (C=O) groups is 1. The molecule has 8 nitrogen and oxygen atoms in total. The van der Waals surface area contributed by atoms with Gasteiger partial charge in [0.1, 0.15) is 0 Å². The zero-order valence-electron chi connectivity index (χ0n) is 14.3. The third-order valence-electron chi connectivity index (χ3n) is 3.53. The molecule has 0 bridgehead atoms. The lowest BCUT2D eigenvalue weighted by molar-refractivity contribution is 0.251. The van der Waals surface area contributed by atoms with Gasteiger partial charge >= 0.3 is 6.03 Å². The normalized spacial score (nSPS) is 11.3. The molecule has 136 valence electrons. The molecule has 0 saturated heterocycles. The van der Waals surface area contributed by atoms with Crippen molar-refractivity contribution in [2.45, 2.75) is 38.3 Å². The molecule has 0 aliphatic rings. The first-order valence-electron chi connectivity index (χ1n) is 8.10. The Morgan fingerprint density at radius 3 is 2.56 bits per heavy atom. The third-order valence-corrected chi connectivity index (χ3v) is 5.01. The molecule has 0 fully saturated rings. The van der Waals surface area contributed by atoms with Gasteiger partial charge in [-0.15, -0.1) is 0 Å². The van der Waals surface area contributed by atoms with Crippen molar-refractivity contribution in [1.82, 2.24) is 19.6 Å². The average Bonchev–Trinajstić information content (AvgIpc) is 3.06. The molecule has 0 spiro atoms. The van der Waals surface area contributed by atoms with E-state index in [2.05, 4.69) is 20.3 Å². The highest BCUT2D eigenvalue weighted by atomic mass is 32.2. The van der Waals surface area contributed by atoms with Gasteiger partial charge < -0.3 is 15.2 Å². The average molecular weight is 365 g/mol. The fourth-order valence-electron chi connectivity index (χ4n) is 2.16. The Bertz CT molecular complexity index is 799. The van der Waals surface area contributed by atoms with Gasteiger partial charge in [0.2, 0.25) is 10.0 Å². The van der Waals surface area contributed by atoms with Crippen LogP contribution in [0.15, 0.2) is 41.7 Å². The summed E-state index contributed by atoms with van der Waals surface area (Å²) in [5.41, 5.74) is 1.41. The van der Waals surface area contributed by atoms with Crippen LogP contribution < -0.4 is 15.4 Å². The Morgan fingerprint density at radius 1 is 1.20 bits per heavy atom. The van der Waals surface area contributed by atoms with E-state index >= 15 is 0 Å². The summed E-state index contributed by atoms with van der Waals surface area (Å²) < 4.78 is 28.4. The van der Waals surface area contributed by atoms with Gasteiger partial charge in [0, 0.05) is 25.0 Å². The van der Waals surface area contributed by atoms with Crippen molar-refractivity contribution in [2.75, 3.05) is 11.9 Å². The molecule has 0 saturated carbocycles. The first kappa shape index (κ1) is 18.9. The standard InChI is InChI=1S/C16H23N5O3S/c1-3-9-19-25(23,24)15-7-5-13(6-8-15)20-16(22)18-11-14-10-17-12-21(14)4-2/h5-8,10,12,19H,3-4,9,11H2,1-2H3,(H2,18,20,22). The van der Waals surface area contributed by atoms with Crippen LogP contribution in [0.1, 0.15) is 26.0 Å². The van der Waals surface area contributed by atoms with E-state index < -0.39 is 10.0 Å². The lowest BCUT2D eigenvalue weighted by atomic mass is 10.3. The number of aryl methyl sites for hydroxylation is 1. The fourth-order valence-corrected chi connectivity index (χ4v) is 3.30. The van der Waals surface area contributed by atoms with Gasteiger partial charge in [0.15, 0.2) is 0 Å². The number of imidazole rings is 1. The molecule has 1 heterocycles. The van der Waals surface area contributed by atoms with E-state index in [1.54, 1.807) is 24.7 Å². The highest BCUT2D eigenvalue weighted by Gasteiger charge is 2.13. The molecular weight excluding hydrogens is 342 g/mol. The number of aromatic nitrogens is 2. The highest BCUT2D eigenvalue weighted by Crippen LogP contribution is 2.14. The zero-order valence-corrected chi connectivity index (χ0v) is 15.1. The zero-order chi connectivity index (χ0) is 18.3. The summed E-state index contributed by atoms with van der Waals surface area (Å²) in [6, 6.07) is 5.65.